The van der Waals surface area contributed by atoms with Gasteiger partial charge in [-0.05, 0) is 44.9 Å². The summed E-state index contributed by atoms with van der Waals surface area (Å²) < 4.78 is 0. The zero-order valence-electron chi connectivity index (χ0n) is 13.4. The fourth-order valence-corrected chi connectivity index (χ4v) is 3.06. The summed E-state index contributed by atoms with van der Waals surface area (Å²) in [6.45, 7) is 7.52. The number of likely N-dealkylation sites (tertiary alicyclic amines) is 1. The predicted octanol–water partition coefficient (Wildman–Crippen LogP) is 2.52. The molecule has 4 nitrogen and oxygen atoms in total. The van der Waals surface area contributed by atoms with Gasteiger partial charge >= 0.3 is 0 Å². The Kier molecular flexibility index (Phi) is 5.23. The molecule has 1 amide bonds. The van der Waals surface area contributed by atoms with Crippen LogP contribution in [0.15, 0.2) is 18.2 Å². The van der Waals surface area contributed by atoms with E-state index in [1.54, 1.807) is 0 Å². The van der Waals surface area contributed by atoms with Crippen molar-refractivity contribution in [3.63, 3.8) is 0 Å². The molecule has 4 heteroatoms. The van der Waals surface area contributed by atoms with Gasteiger partial charge in [0.1, 0.15) is 0 Å². The van der Waals surface area contributed by atoms with Gasteiger partial charge in [-0.25, -0.2) is 0 Å². The third kappa shape index (κ3) is 3.76. The molecule has 0 aliphatic carbocycles. The van der Waals surface area contributed by atoms with Crippen LogP contribution < -0.4 is 5.73 Å². The number of nitrogens with zero attached hydrogens (tertiary/aromatic N) is 2. The highest BCUT2D eigenvalue weighted by Crippen LogP contribution is 2.21. The van der Waals surface area contributed by atoms with Gasteiger partial charge in [0.15, 0.2) is 0 Å². The molecule has 1 aromatic rings. The fraction of sp³-hybridized carbons (Fsp3) is 0.588. The number of carbonyl (C=O) groups is 1. The van der Waals surface area contributed by atoms with Gasteiger partial charge in [-0.1, -0.05) is 18.6 Å². The quantitative estimate of drug-likeness (QED) is 0.867. The van der Waals surface area contributed by atoms with E-state index in [4.69, 9.17) is 5.73 Å². The first-order chi connectivity index (χ1) is 10.0. The van der Waals surface area contributed by atoms with Gasteiger partial charge in [0, 0.05) is 31.9 Å². The van der Waals surface area contributed by atoms with Crippen LogP contribution in [0.25, 0.3) is 0 Å². The van der Waals surface area contributed by atoms with E-state index in [-0.39, 0.29) is 5.91 Å². The molecule has 116 valence electrons. The molecule has 1 fully saturated rings. The van der Waals surface area contributed by atoms with Crippen molar-refractivity contribution in [3.8, 4) is 0 Å². The SMILES string of the molecule is CCCN1CCC(N(C)C(=O)c2cc(C)ccc2N)CC1. The van der Waals surface area contributed by atoms with E-state index >= 15 is 0 Å². The molecule has 0 spiro atoms. The molecule has 1 aliphatic heterocycles. The standard InChI is InChI=1S/C17H27N3O/c1-4-9-20-10-7-14(8-11-20)19(3)17(21)15-12-13(2)5-6-16(15)18/h5-6,12,14H,4,7-11,18H2,1-3H3. The number of hydrogen-bond donors (Lipinski definition) is 1. The number of benzene rings is 1. The molecular formula is C17H27N3O. The number of piperidine rings is 1. The van der Waals surface area contributed by atoms with Crippen LogP contribution in [0.4, 0.5) is 5.69 Å². The highest BCUT2D eigenvalue weighted by atomic mass is 16.2. The first-order valence-corrected chi connectivity index (χ1v) is 7.88. The third-order valence-corrected chi connectivity index (χ3v) is 4.40. The molecule has 21 heavy (non-hydrogen) atoms. The molecule has 0 aromatic heterocycles. The maximum atomic E-state index is 12.7. The molecule has 1 aromatic carbocycles. The maximum Gasteiger partial charge on any atom is 0.255 e. The van der Waals surface area contributed by atoms with Crippen molar-refractivity contribution in [2.24, 2.45) is 0 Å². The lowest BCUT2D eigenvalue weighted by Crippen LogP contribution is -2.45. The number of rotatable bonds is 4. The Morgan fingerprint density at radius 1 is 1.38 bits per heavy atom. The van der Waals surface area contributed by atoms with Gasteiger partial charge in [0.25, 0.3) is 5.91 Å². The number of nitrogens with two attached hydrogens (primary N) is 1. The average Bonchev–Trinajstić information content (AvgIpc) is 2.49. The summed E-state index contributed by atoms with van der Waals surface area (Å²) >= 11 is 0. The van der Waals surface area contributed by atoms with Gasteiger partial charge in [-0.15, -0.1) is 0 Å². The van der Waals surface area contributed by atoms with Gasteiger partial charge in [-0.2, -0.15) is 0 Å². The van der Waals surface area contributed by atoms with Crippen LogP contribution in [0.5, 0.6) is 0 Å². The Bertz CT molecular complexity index is 493. The number of carbonyl (C=O) groups excluding carboxylic acids is 1. The molecule has 0 radical (unpaired) electrons. The predicted molar refractivity (Wildman–Crippen MR) is 87.4 cm³/mol. The zero-order valence-corrected chi connectivity index (χ0v) is 13.4. The second kappa shape index (κ2) is 6.94. The molecule has 0 saturated carbocycles. The molecular weight excluding hydrogens is 262 g/mol. The highest BCUT2D eigenvalue weighted by molar-refractivity contribution is 5.99. The largest absolute Gasteiger partial charge is 0.398 e. The minimum atomic E-state index is 0.0464. The average molecular weight is 289 g/mol. The normalized spacial score (nSPS) is 16.9. The lowest BCUT2D eigenvalue weighted by Gasteiger charge is -2.36. The van der Waals surface area contributed by atoms with E-state index in [0.717, 1.165) is 38.0 Å². The second-order valence-electron chi connectivity index (χ2n) is 6.08. The van der Waals surface area contributed by atoms with E-state index in [2.05, 4.69) is 11.8 Å². The van der Waals surface area contributed by atoms with E-state index in [1.165, 1.54) is 6.42 Å². The summed E-state index contributed by atoms with van der Waals surface area (Å²) in [7, 11) is 1.91. The van der Waals surface area contributed by atoms with Crippen molar-refractivity contribution in [2.75, 3.05) is 32.4 Å². The Labute approximate surface area is 127 Å². The summed E-state index contributed by atoms with van der Waals surface area (Å²) in [5.74, 6) is 0.0464. The summed E-state index contributed by atoms with van der Waals surface area (Å²) in [5, 5.41) is 0. The van der Waals surface area contributed by atoms with Crippen LogP contribution in [-0.2, 0) is 0 Å². The molecule has 0 bridgehead atoms. The monoisotopic (exact) mass is 289 g/mol. The zero-order chi connectivity index (χ0) is 15.4. The molecule has 0 unspecified atom stereocenters. The fourth-order valence-electron chi connectivity index (χ4n) is 3.06. The first-order valence-electron chi connectivity index (χ1n) is 7.88. The Morgan fingerprint density at radius 3 is 2.67 bits per heavy atom. The van der Waals surface area contributed by atoms with Gasteiger partial charge in [0.2, 0.25) is 0 Å². The number of aryl methyl sites for hydroxylation is 1. The molecule has 2 rings (SSSR count). The summed E-state index contributed by atoms with van der Waals surface area (Å²) in [6, 6.07) is 5.97. The summed E-state index contributed by atoms with van der Waals surface area (Å²) in [5.41, 5.74) is 8.23. The van der Waals surface area contributed by atoms with Crippen LogP contribution in [0.3, 0.4) is 0 Å². The smallest absolute Gasteiger partial charge is 0.255 e. The summed E-state index contributed by atoms with van der Waals surface area (Å²) in [6.07, 6.45) is 3.29. The van der Waals surface area contributed by atoms with E-state index in [1.807, 2.05) is 37.1 Å². The molecule has 0 atom stereocenters. The van der Waals surface area contributed by atoms with E-state index in [0.29, 0.717) is 17.3 Å². The van der Waals surface area contributed by atoms with Crippen LogP contribution in [-0.4, -0.2) is 48.4 Å². The molecule has 1 saturated heterocycles. The van der Waals surface area contributed by atoms with Crippen molar-refractivity contribution in [1.82, 2.24) is 9.80 Å². The molecule has 1 aliphatic rings. The number of anilines is 1. The van der Waals surface area contributed by atoms with Gasteiger partial charge < -0.3 is 15.5 Å². The van der Waals surface area contributed by atoms with Crippen LogP contribution in [0.1, 0.15) is 42.1 Å². The molecule has 2 N–H and O–H groups in total. The Balaban J connectivity index is 2.01. The molecule has 1 heterocycles. The second-order valence-corrected chi connectivity index (χ2v) is 6.08. The number of amides is 1. The number of hydrogen-bond acceptors (Lipinski definition) is 3. The van der Waals surface area contributed by atoms with E-state index in [9.17, 15) is 4.79 Å². The van der Waals surface area contributed by atoms with Crippen LogP contribution in [0, 0.1) is 6.92 Å². The lowest BCUT2D eigenvalue weighted by atomic mass is 10.0. The van der Waals surface area contributed by atoms with Crippen molar-refractivity contribution in [2.45, 2.75) is 39.2 Å². The minimum Gasteiger partial charge on any atom is -0.398 e. The third-order valence-electron chi connectivity index (χ3n) is 4.40. The maximum absolute atomic E-state index is 12.7. The Morgan fingerprint density at radius 2 is 2.05 bits per heavy atom. The van der Waals surface area contributed by atoms with Crippen molar-refractivity contribution < 1.29 is 4.79 Å². The lowest BCUT2D eigenvalue weighted by molar-refractivity contribution is 0.0643. The minimum absolute atomic E-state index is 0.0464. The topological polar surface area (TPSA) is 49.6 Å². The summed E-state index contributed by atoms with van der Waals surface area (Å²) in [4.78, 5) is 17.0. The number of nitrogen functional groups attached to an aromatic ring is 1. The van der Waals surface area contributed by atoms with Crippen molar-refractivity contribution in [1.29, 1.82) is 0 Å². The van der Waals surface area contributed by atoms with E-state index < -0.39 is 0 Å². The van der Waals surface area contributed by atoms with Gasteiger partial charge in [0.05, 0.1) is 5.56 Å². The first kappa shape index (κ1) is 15.8. The van der Waals surface area contributed by atoms with Crippen LogP contribution in [0.2, 0.25) is 0 Å². The van der Waals surface area contributed by atoms with Crippen LogP contribution >= 0.6 is 0 Å². The van der Waals surface area contributed by atoms with Crippen molar-refractivity contribution in [3.05, 3.63) is 29.3 Å². The van der Waals surface area contributed by atoms with Gasteiger partial charge in [-0.3, -0.25) is 4.79 Å². The highest BCUT2D eigenvalue weighted by Gasteiger charge is 2.26. The Hall–Kier alpha value is -1.55. The van der Waals surface area contributed by atoms with Crippen molar-refractivity contribution >= 4 is 11.6 Å².